The highest BCUT2D eigenvalue weighted by Gasteiger charge is 2.31. The van der Waals surface area contributed by atoms with Crippen LogP contribution >= 0.6 is 0 Å². The fourth-order valence-corrected chi connectivity index (χ4v) is 1.35. The molecule has 2 atom stereocenters. The molecule has 0 N–H and O–H groups in total. The van der Waals surface area contributed by atoms with Crippen molar-refractivity contribution in [2.24, 2.45) is 0 Å². The number of nitrogens with zero attached hydrogens (tertiary/aromatic N) is 1. The number of ether oxygens (including phenoxy) is 2. The van der Waals surface area contributed by atoms with Gasteiger partial charge in [-0.25, -0.2) is 0 Å². The average Bonchev–Trinajstić information content (AvgIpc) is 2.32. The molecule has 1 aliphatic heterocycles. The fraction of sp³-hybridized carbons (Fsp3) is 0.857. The van der Waals surface area contributed by atoms with Crippen LogP contribution in [0.2, 0.25) is 0 Å². The van der Waals surface area contributed by atoms with E-state index in [2.05, 4.69) is 4.90 Å². The van der Waals surface area contributed by atoms with Crippen LogP contribution in [0.25, 0.3) is 0 Å². The van der Waals surface area contributed by atoms with E-state index in [0.29, 0.717) is 6.47 Å². The molecule has 0 spiro atoms. The summed E-state index contributed by atoms with van der Waals surface area (Å²) in [6.45, 7) is 2.07. The van der Waals surface area contributed by atoms with Crippen LogP contribution in [0.3, 0.4) is 0 Å². The van der Waals surface area contributed by atoms with Gasteiger partial charge in [-0.15, -0.1) is 0 Å². The predicted molar refractivity (Wildman–Crippen MR) is 39.2 cm³/mol. The smallest absolute Gasteiger partial charge is 0.293 e. The summed E-state index contributed by atoms with van der Waals surface area (Å²) in [7, 11) is 3.60. The van der Waals surface area contributed by atoms with Crippen molar-refractivity contribution < 1.29 is 14.3 Å². The predicted octanol–water partition coefficient (Wildman–Crippen LogP) is -0.512. The molecule has 1 rings (SSSR count). The zero-order chi connectivity index (χ0) is 8.27. The number of hydrogen-bond donors (Lipinski definition) is 0. The van der Waals surface area contributed by atoms with Crippen molar-refractivity contribution in [1.29, 1.82) is 0 Å². The molecule has 0 saturated carbocycles. The Morgan fingerprint density at radius 2 is 2.09 bits per heavy atom. The second kappa shape index (κ2) is 3.69. The molecule has 0 unspecified atom stereocenters. The van der Waals surface area contributed by atoms with Crippen LogP contribution in [0, 0.1) is 0 Å². The van der Waals surface area contributed by atoms with Crippen LogP contribution in [0.15, 0.2) is 0 Å². The Morgan fingerprint density at radius 1 is 1.45 bits per heavy atom. The molecule has 4 nitrogen and oxygen atoms in total. The highest BCUT2D eigenvalue weighted by molar-refractivity contribution is 5.37. The second-order valence-electron chi connectivity index (χ2n) is 2.77. The summed E-state index contributed by atoms with van der Waals surface area (Å²) in [5, 5.41) is 0. The van der Waals surface area contributed by atoms with Crippen LogP contribution in [-0.4, -0.2) is 50.8 Å². The molecule has 0 radical (unpaired) electrons. The lowest BCUT2D eigenvalue weighted by Crippen LogP contribution is -2.28. The molecule has 1 saturated heterocycles. The van der Waals surface area contributed by atoms with Gasteiger partial charge in [-0.05, 0) is 7.05 Å². The normalized spacial score (nSPS) is 32.2. The highest BCUT2D eigenvalue weighted by Crippen LogP contribution is 2.13. The van der Waals surface area contributed by atoms with E-state index in [1.165, 1.54) is 0 Å². The van der Waals surface area contributed by atoms with E-state index in [0.717, 1.165) is 13.1 Å². The standard InChI is InChI=1S/C7H13NO3/c1-8-3-6(10-2)7(4-8)11-5-9/h5-7H,3-4H2,1-2H3/t6-,7-/m1/s1. The lowest BCUT2D eigenvalue weighted by molar-refractivity contribution is -0.137. The van der Waals surface area contributed by atoms with Gasteiger partial charge in [0.25, 0.3) is 6.47 Å². The molecule has 11 heavy (non-hydrogen) atoms. The molecule has 4 heteroatoms. The summed E-state index contributed by atoms with van der Waals surface area (Å²) >= 11 is 0. The number of hydrogen-bond acceptors (Lipinski definition) is 4. The number of carbonyl (C=O) groups excluding carboxylic acids is 1. The number of likely N-dealkylation sites (tertiary alicyclic amines) is 1. The van der Waals surface area contributed by atoms with Crippen molar-refractivity contribution in [3.8, 4) is 0 Å². The number of likely N-dealkylation sites (N-methyl/N-ethyl adjacent to an activating group) is 1. The van der Waals surface area contributed by atoms with Crippen molar-refractivity contribution in [2.75, 3.05) is 27.2 Å². The molecule has 0 amide bonds. The first-order valence-electron chi connectivity index (χ1n) is 3.58. The van der Waals surface area contributed by atoms with E-state index < -0.39 is 0 Å². The quantitative estimate of drug-likeness (QED) is 0.520. The molecule has 64 valence electrons. The molecular weight excluding hydrogens is 146 g/mol. The van der Waals surface area contributed by atoms with E-state index >= 15 is 0 Å². The Labute approximate surface area is 66.1 Å². The molecule has 0 aromatic heterocycles. The summed E-state index contributed by atoms with van der Waals surface area (Å²) in [6.07, 6.45) is -0.0623. The van der Waals surface area contributed by atoms with Gasteiger partial charge in [-0.3, -0.25) is 9.69 Å². The molecule has 0 aromatic rings. The van der Waals surface area contributed by atoms with Gasteiger partial charge in [0, 0.05) is 20.2 Å². The molecule has 1 fully saturated rings. The molecular formula is C7H13NO3. The van der Waals surface area contributed by atoms with Crippen molar-refractivity contribution in [3.05, 3.63) is 0 Å². The topological polar surface area (TPSA) is 38.8 Å². The van der Waals surface area contributed by atoms with Crippen molar-refractivity contribution in [1.82, 2.24) is 4.90 Å². The lowest BCUT2D eigenvalue weighted by atomic mass is 10.3. The lowest BCUT2D eigenvalue weighted by Gasteiger charge is -2.13. The zero-order valence-electron chi connectivity index (χ0n) is 6.82. The maximum absolute atomic E-state index is 10.0. The van der Waals surface area contributed by atoms with Crippen LogP contribution < -0.4 is 0 Å². The number of carbonyl (C=O) groups is 1. The summed E-state index contributed by atoms with van der Waals surface area (Å²) in [5.41, 5.74) is 0. The third-order valence-corrected chi connectivity index (χ3v) is 1.93. The summed E-state index contributed by atoms with van der Waals surface area (Å²) < 4.78 is 9.95. The third kappa shape index (κ3) is 1.91. The van der Waals surface area contributed by atoms with Gasteiger partial charge in [0.1, 0.15) is 12.2 Å². The summed E-state index contributed by atoms with van der Waals surface area (Å²) in [4.78, 5) is 12.1. The monoisotopic (exact) mass is 159 g/mol. The van der Waals surface area contributed by atoms with Crippen molar-refractivity contribution in [3.63, 3.8) is 0 Å². The van der Waals surface area contributed by atoms with Crippen LogP contribution in [0.5, 0.6) is 0 Å². The first kappa shape index (κ1) is 8.49. The fourth-order valence-electron chi connectivity index (χ4n) is 1.35. The van der Waals surface area contributed by atoms with E-state index in [1.54, 1.807) is 7.11 Å². The Kier molecular flexibility index (Phi) is 2.84. The molecule has 0 aromatic carbocycles. The maximum atomic E-state index is 10.0. The summed E-state index contributed by atoms with van der Waals surface area (Å²) in [6, 6.07) is 0. The molecule has 1 heterocycles. The largest absolute Gasteiger partial charge is 0.460 e. The molecule has 0 bridgehead atoms. The average molecular weight is 159 g/mol. The Balaban J connectivity index is 2.43. The van der Waals surface area contributed by atoms with Gasteiger partial charge in [0.05, 0.1) is 0 Å². The first-order chi connectivity index (χ1) is 5.27. The zero-order valence-corrected chi connectivity index (χ0v) is 6.82. The van der Waals surface area contributed by atoms with E-state index in [9.17, 15) is 4.79 Å². The summed E-state index contributed by atoms with van der Waals surface area (Å²) in [5.74, 6) is 0. The van der Waals surface area contributed by atoms with Crippen LogP contribution in [0.4, 0.5) is 0 Å². The van der Waals surface area contributed by atoms with E-state index in [4.69, 9.17) is 9.47 Å². The third-order valence-electron chi connectivity index (χ3n) is 1.93. The highest BCUT2D eigenvalue weighted by atomic mass is 16.6. The van der Waals surface area contributed by atoms with Gasteiger partial charge in [-0.1, -0.05) is 0 Å². The number of rotatable bonds is 3. The van der Waals surface area contributed by atoms with Gasteiger partial charge in [0.15, 0.2) is 0 Å². The van der Waals surface area contributed by atoms with E-state index in [1.807, 2.05) is 7.05 Å². The van der Waals surface area contributed by atoms with Gasteiger partial charge in [-0.2, -0.15) is 0 Å². The van der Waals surface area contributed by atoms with E-state index in [-0.39, 0.29) is 12.2 Å². The van der Waals surface area contributed by atoms with Gasteiger partial charge >= 0.3 is 0 Å². The van der Waals surface area contributed by atoms with Crippen molar-refractivity contribution >= 4 is 6.47 Å². The molecule has 1 aliphatic rings. The minimum absolute atomic E-state index is 0.0326. The first-order valence-corrected chi connectivity index (χ1v) is 3.58. The van der Waals surface area contributed by atoms with Crippen LogP contribution in [0.1, 0.15) is 0 Å². The van der Waals surface area contributed by atoms with Gasteiger partial charge in [0.2, 0.25) is 0 Å². The number of methoxy groups -OCH3 is 1. The van der Waals surface area contributed by atoms with Crippen LogP contribution in [-0.2, 0) is 14.3 Å². The van der Waals surface area contributed by atoms with Crippen molar-refractivity contribution in [2.45, 2.75) is 12.2 Å². The minimum atomic E-state index is -0.0949. The minimum Gasteiger partial charge on any atom is -0.460 e. The SMILES string of the molecule is CO[C@@H]1CN(C)C[C@H]1OC=O. The Bertz CT molecular complexity index is 140. The van der Waals surface area contributed by atoms with Gasteiger partial charge < -0.3 is 9.47 Å². The molecule has 0 aliphatic carbocycles. The second-order valence-corrected chi connectivity index (χ2v) is 2.77. The Hall–Kier alpha value is -0.610. The Morgan fingerprint density at radius 3 is 2.64 bits per heavy atom. The maximum Gasteiger partial charge on any atom is 0.293 e.